The fourth-order valence-electron chi connectivity index (χ4n) is 1.71. The third kappa shape index (κ3) is 3.34. The van der Waals surface area contributed by atoms with Gasteiger partial charge in [0, 0.05) is 25.3 Å². The van der Waals surface area contributed by atoms with Crippen LogP contribution in [0.5, 0.6) is 0 Å². The molecule has 1 heterocycles. The van der Waals surface area contributed by atoms with Crippen LogP contribution in [0.25, 0.3) is 0 Å². The van der Waals surface area contributed by atoms with Crippen LogP contribution in [0.15, 0.2) is 24.3 Å². The van der Waals surface area contributed by atoms with Crippen molar-refractivity contribution < 1.29 is 13.2 Å². The molecule has 2 rings (SSSR count). The van der Waals surface area contributed by atoms with Crippen LogP contribution in [0.1, 0.15) is 5.56 Å². The van der Waals surface area contributed by atoms with Crippen LogP contribution in [-0.2, 0) is 6.18 Å². The van der Waals surface area contributed by atoms with Crippen LogP contribution >= 0.6 is 0 Å². The molecule has 0 aromatic heterocycles. The number of hydrogen-bond donors (Lipinski definition) is 3. The highest BCUT2D eigenvalue weighted by Gasteiger charge is 2.29. The zero-order chi connectivity index (χ0) is 12.3. The molecule has 0 radical (unpaired) electrons. The summed E-state index contributed by atoms with van der Waals surface area (Å²) in [6.07, 6.45) is -4.22. The molecule has 0 aliphatic carbocycles. The van der Waals surface area contributed by atoms with E-state index >= 15 is 0 Å². The van der Waals surface area contributed by atoms with E-state index in [9.17, 15) is 13.2 Å². The van der Waals surface area contributed by atoms with Crippen molar-refractivity contribution in [3.8, 4) is 0 Å². The van der Waals surface area contributed by atoms with E-state index in [0.717, 1.165) is 31.8 Å². The third-order valence-electron chi connectivity index (χ3n) is 2.59. The van der Waals surface area contributed by atoms with E-state index in [2.05, 4.69) is 16.0 Å². The molecule has 1 aliphatic heterocycles. The van der Waals surface area contributed by atoms with Crippen molar-refractivity contribution in [2.75, 3.05) is 25.0 Å². The fourth-order valence-corrected chi connectivity index (χ4v) is 1.71. The molecular formula is C11H14F3N3. The van der Waals surface area contributed by atoms with E-state index in [4.69, 9.17) is 0 Å². The van der Waals surface area contributed by atoms with E-state index in [1.54, 1.807) is 0 Å². The maximum absolute atomic E-state index is 12.3. The normalized spacial score (nSPS) is 21.2. The number of halogens is 3. The summed E-state index contributed by atoms with van der Waals surface area (Å²) >= 11 is 0. The molecular weight excluding hydrogens is 231 g/mol. The molecule has 0 amide bonds. The molecule has 0 spiro atoms. The maximum atomic E-state index is 12.3. The Bertz CT molecular complexity index is 355. The summed E-state index contributed by atoms with van der Waals surface area (Å²) in [5.74, 6) is 0. The lowest BCUT2D eigenvalue weighted by Gasteiger charge is -2.26. The summed E-state index contributed by atoms with van der Waals surface area (Å²) in [7, 11) is 0. The second-order valence-corrected chi connectivity index (χ2v) is 3.93. The highest BCUT2D eigenvalue weighted by Crippen LogP contribution is 2.29. The number of hydrogen-bond acceptors (Lipinski definition) is 3. The summed E-state index contributed by atoms with van der Waals surface area (Å²) < 4.78 is 37.0. The summed E-state index contributed by atoms with van der Waals surface area (Å²) in [6.45, 7) is 2.50. The Labute approximate surface area is 97.4 Å². The molecule has 1 aromatic rings. The number of piperazine rings is 1. The van der Waals surface area contributed by atoms with Crippen LogP contribution in [0, 0.1) is 0 Å². The Morgan fingerprint density at radius 3 is 2.35 bits per heavy atom. The van der Waals surface area contributed by atoms with E-state index in [-0.39, 0.29) is 6.17 Å². The molecule has 0 saturated carbocycles. The average molecular weight is 245 g/mol. The van der Waals surface area contributed by atoms with Crippen LogP contribution in [0.4, 0.5) is 18.9 Å². The minimum atomic E-state index is -4.27. The minimum Gasteiger partial charge on any atom is -0.369 e. The van der Waals surface area contributed by atoms with Crippen molar-refractivity contribution in [1.82, 2.24) is 10.6 Å². The highest BCUT2D eigenvalue weighted by atomic mass is 19.4. The van der Waals surface area contributed by atoms with Gasteiger partial charge in [-0.1, -0.05) is 0 Å². The first kappa shape index (κ1) is 12.2. The molecule has 1 aromatic carbocycles. The largest absolute Gasteiger partial charge is 0.416 e. The molecule has 1 saturated heterocycles. The lowest BCUT2D eigenvalue weighted by atomic mass is 10.2. The van der Waals surface area contributed by atoms with Gasteiger partial charge >= 0.3 is 6.18 Å². The van der Waals surface area contributed by atoms with E-state index < -0.39 is 11.7 Å². The highest BCUT2D eigenvalue weighted by molar-refractivity contribution is 5.46. The lowest BCUT2D eigenvalue weighted by Crippen LogP contribution is -2.52. The summed E-state index contributed by atoms with van der Waals surface area (Å²) in [4.78, 5) is 0. The van der Waals surface area contributed by atoms with Crippen LogP contribution in [-0.4, -0.2) is 25.8 Å². The molecule has 17 heavy (non-hydrogen) atoms. The van der Waals surface area contributed by atoms with Crippen LogP contribution in [0.2, 0.25) is 0 Å². The number of anilines is 1. The molecule has 94 valence electrons. The smallest absolute Gasteiger partial charge is 0.369 e. The molecule has 1 unspecified atom stereocenters. The first-order valence-electron chi connectivity index (χ1n) is 5.43. The predicted molar refractivity (Wildman–Crippen MR) is 59.7 cm³/mol. The van der Waals surface area contributed by atoms with E-state index in [1.165, 1.54) is 12.1 Å². The van der Waals surface area contributed by atoms with E-state index in [1.807, 2.05) is 0 Å². The second kappa shape index (κ2) is 4.93. The Hall–Kier alpha value is -1.27. The Balaban J connectivity index is 1.98. The Kier molecular flexibility index (Phi) is 3.54. The zero-order valence-corrected chi connectivity index (χ0v) is 9.14. The van der Waals surface area contributed by atoms with Gasteiger partial charge in [0.2, 0.25) is 0 Å². The van der Waals surface area contributed by atoms with Crippen LogP contribution in [0.3, 0.4) is 0 Å². The van der Waals surface area contributed by atoms with Gasteiger partial charge in [0.15, 0.2) is 0 Å². The van der Waals surface area contributed by atoms with Gasteiger partial charge in [0.05, 0.1) is 11.7 Å². The second-order valence-electron chi connectivity index (χ2n) is 3.93. The van der Waals surface area contributed by atoms with Crippen molar-refractivity contribution in [1.29, 1.82) is 0 Å². The third-order valence-corrected chi connectivity index (χ3v) is 2.59. The molecule has 1 atom stereocenters. The van der Waals surface area contributed by atoms with Crippen LogP contribution < -0.4 is 16.0 Å². The molecule has 3 nitrogen and oxygen atoms in total. The van der Waals surface area contributed by atoms with Crippen molar-refractivity contribution in [2.24, 2.45) is 0 Å². The van der Waals surface area contributed by atoms with Gasteiger partial charge in [0.25, 0.3) is 0 Å². The molecule has 6 heteroatoms. The number of alkyl halides is 3. The molecule has 3 N–H and O–H groups in total. The summed E-state index contributed by atoms with van der Waals surface area (Å²) in [5.41, 5.74) is 0.0528. The minimum absolute atomic E-state index is 0.0560. The fraction of sp³-hybridized carbons (Fsp3) is 0.455. The van der Waals surface area contributed by atoms with Crippen molar-refractivity contribution in [3.05, 3.63) is 29.8 Å². The number of rotatable bonds is 2. The molecule has 0 bridgehead atoms. The van der Waals surface area contributed by atoms with Crippen molar-refractivity contribution in [3.63, 3.8) is 0 Å². The van der Waals surface area contributed by atoms with Gasteiger partial charge in [0.1, 0.15) is 0 Å². The number of benzene rings is 1. The quantitative estimate of drug-likeness (QED) is 0.741. The monoisotopic (exact) mass is 245 g/mol. The topological polar surface area (TPSA) is 36.1 Å². The Morgan fingerprint density at radius 1 is 1.12 bits per heavy atom. The standard InChI is InChI=1S/C11H14F3N3/c12-11(13,14)8-1-3-9(4-2-8)17-10-7-15-5-6-16-10/h1-4,10,15-17H,5-7H2. The van der Waals surface area contributed by atoms with Gasteiger partial charge in [-0.2, -0.15) is 13.2 Å². The van der Waals surface area contributed by atoms with Gasteiger partial charge in [-0.3, -0.25) is 5.32 Å². The lowest BCUT2D eigenvalue weighted by molar-refractivity contribution is -0.137. The summed E-state index contributed by atoms with van der Waals surface area (Å²) in [5, 5.41) is 9.52. The predicted octanol–water partition coefficient (Wildman–Crippen LogP) is 1.64. The molecule has 1 aliphatic rings. The Morgan fingerprint density at radius 2 is 1.82 bits per heavy atom. The van der Waals surface area contributed by atoms with Gasteiger partial charge in [-0.15, -0.1) is 0 Å². The average Bonchev–Trinajstić information content (AvgIpc) is 2.30. The van der Waals surface area contributed by atoms with Crippen molar-refractivity contribution in [2.45, 2.75) is 12.3 Å². The molecule has 1 fully saturated rings. The van der Waals surface area contributed by atoms with Gasteiger partial charge in [-0.05, 0) is 24.3 Å². The summed E-state index contributed by atoms with van der Waals surface area (Å²) in [6, 6.07) is 5.05. The zero-order valence-electron chi connectivity index (χ0n) is 9.14. The van der Waals surface area contributed by atoms with Gasteiger partial charge in [-0.25, -0.2) is 0 Å². The SMILES string of the molecule is FC(F)(F)c1ccc(NC2CNCCN2)cc1. The van der Waals surface area contributed by atoms with Crippen molar-refractivity contribution >= 4 is 5.69 Å². The first-order chi connectivity index (χ1) is 8.05. The van der Waals surface area contributed by atoms with Gasteiger partial charge < -0.3 is 10.6 Å². The van der Waals surface area contributed by atoms with E-state index in [0.29, 0.717) is 5.69 Å². The first-order valence-corrected chi connectivity index (χ1v) is 5.43. The maximum Gasteiger partial charge on any atom is 0.416 e. The number of nitrogens with one attached hydrogen (secondary N) is 3.